The lowest BCUT2D eigenvalue weighted by molar-refractivity contribution is 0.417. The van der Waals surface area contributed by atoms with Crippen LogP contribution in [0.15, 0.2) is 47.5 Å². The fourth-order valence-electron chi connectivity index (χ4n) is 3.27. The normalized spacial score (nSPS) is 15.3. The zero-order valence-electron chi connectivity index (χ0n) is 15.3. The van der Waals surface area contributed by atoms with Gasteiger partial charge in [0, 0.05) is 10.6 Å². The van der Waals surface area contributed by atoms with Gasteiger partial charge in [0.05, 0.1) is 18.8 Å². The topological polar surface area (TPSA) is 33.6 Å². The molecule has 0 unspecified atom stereocenters. The van der Waals surface area contributed by atoms with Crippen LogP contribution in [0.1, 0.15) is 43.2 Å². The van der Waals surface area contributed by atoms with Crippen LogP contribution in [-0.4, -0.2) is 19.0 Å². The van der Waals surface area contributed by atoms with E-state index in [9.17, 15) is 0 Å². The van der Waals surface area contributed by atoms with Crippen LogP contribution in [0.4, 0.5) is 5.69 Å². The number of nitrogens with zero attached hydrogens (tertiary/aromatic N) is 1. The maximum absolute atomic E-state index is 6.18. The summed E-state index contributed by atoms with van der Waals surface area (Å²) in [5, 5.41) is 4.14. The molecule has 1 saturated carbocycles. The van der Waals surface area contributed by atoms with Crippen LogP contribution in [0, 0.1) is 6.92 Å². The molecular weight excluding hydrogens is 367 g/mol. The summed E-state index contributed by atoms with van der Waals surface area (Å²) in [6, 6.07) is 14.4. The summed E-state index contributed by atoms with van der Waals surface area (Å²) in [5.41, 5.74) is 3.15. The monoisotopic (exact) mass is 392 g/mol. The summed E-state index contributed by atoms with van der Waals surface area (Å²) < 4.78 is 5.47. The summed E-state index contributed by atoms with van der Waals surface area (Å²) in [6.45, 7) is 2.10. The number of nitrogens with one attached hydrogen (secondary N) is 1. The van der Waals surface area contributed by atoms with Crippen LogP contribution in [0.5, 0.6) is 5.75 Å². The number of ether oxygens (including phenoxy) is 1. The quantitative estimate of drug-likeness (QED) is 0.491. The lowest BCUT2D eigenvalue weighted by atomic mass is 9.96. The van der Waals surface area contributed by atoms with Crippen LogP contribution in [0.2, 0.25) is 5.02 Å². The van der Waals surface area contributed by atoms with Gasteiger partial charge in [0.15, 0.2) is 0 Å². The third-order valence-corrected chi connectivity index (χ3v) is 4.83. The van der Waals surface area contributed by atoms with Gasteiger partial charge in [-0.25, -0.2) is 0 Å². The second-order valence-electron chi connectivity index (χ2n) is 6.61. The summed E-state index contributed by atoms with van der Waals surface area (Å²) in [5.74, 6) is 1.64. The van der Waals surface area contributed by atoms with Crippen molar-refractivity contribution in [2.45, 2.75) is 45.1 Å². The Morgan fingerprint density at radius 3 is 2.58 bits per heavy atom. The molecule has 140 valence electrons. The third kappa shape index (κ3) is 5.39. The van der Waals surface area contributed by atoms with E-state index >= 15 is 0 Å². The average Bonchev–Trinajstić information content (AvgIpc) is 2.62. The fourth-order valence-corrected chi connectivity index (χ4v) is 3.44. The molecule has 0 saturated heterocycles. The molecule has 0 radical (unpaired) electrons. The number of hydrogen-bond acceptors (Lipinski definition) is 2. The number of aryl methyl sites for hydroxylation is 1. The van der Waals surface area contributed by atoms with Crippen molar-refractivity contribution in [1.29, 1.82) is 0 Å². The SMILES string of the molecule is COc1ccc(Cl)cc1NC(=NC1CCCCC1)c1cccc(C)c1.Cl. The summed E-state index contributed by atoms with van der Waals surface area (Å²) in [4.78, 5) is 5.05. The van der Waals surface area contributed by atoms with Crippen molar-refractivity contribution in [2.75, 3.05) is 12.4 Å². The minimum Gasteiger partial charge on any atom is -0.495 e. The van der Waals surface area contributed by atoms with Gasteiger partial charge in [0.1, 0.15) is 11.6 Å². The van der Waals surface area contributed by atoms with Gasteiger partial charge in [-0.2, -0.15) is 0 Å². The van der Waals surface area contributed by atoms with Crippen molar-refractivity contribution in [3.05, 3.63) is 58.6 Å². The third-order valence-electron chi connectivity index (χ3n) is 4.59. The lowest BCUT2D eigenvalue weighted by Crippen LogP contribution is -2.20. The predicted octanol–water partition coefficient (Wildman–Crippen LogP) is 6.27. The second-order valence-corrected chi connectivity index (χ2v) is 7.05. The number of aliphatic imine (C=N–C) groups is 1. The molecule has 2 aromatic carbocycles. The molecule has 0 aliphatic heterocycles. The number of anilines is 1. The van der Waals surface area contributed by atoms with Crippen LogP contribution < -0.4 is 10.1 Å². The summed E-state index contributed by atoms with van der Waals surface area (Å²) in [6.07, 6.45) is 6.15. The van der Waals surface area contributed by atoms with Gasteiger partial charge < -0.3 is 10.1 Å². The van der Waals surface area contributed by atoms with Gasteiger partial charge in [-0.05, 0) is 44.0 Å². The first-order valence-electron chi connectivity index (χ1n) is 8.91. The number of halogens is 2. The van der Waals surface area contributed by atoms with Gasteiger partial charge >= 0.3 is 0 Å². The van der Waals surface area contributed by atoms with Crippen molar-refractivity contribution in [3.8, 4) is 5.75 Å². The van der Waals surface area contributed by atoms with Gasteiger partial charge in [-0.1, -0.05) is 54.6 Å². The molecule has 3 rings (SSSR count). The Morgan fingerprint density at radius 2 is 1.88 bits per heavy atom. The zero-order valence-corrected chi connectivity index (χ0v) is 16.9. The first-order valence-corrected chi connectivity index (χ1v) is 9.29. The number of methoxy groups -OCH3 is 1. The molecule has 26 heavy (non-hydrogen) atoms. The molecule has 0 amide bonds. The Kier molecular flexibility index (Phi) is 7.80. The van der Waals surface area contributed by atoms with Crippen molar-refractivity contribution < 1.29 is 4.74 Å². The Hall–Kier alpha value is -1.71. The number of amidine groups is 1. The minimum atomic E-state index is 0. The van der Waals surface area contributed by atoms with E-state index < -0.39 is 0 Å². The molecule has 2 aromatic rings. The molecule has 0 spiro atoms. The molecule has 0 bridgehead atoms. The van der Waals surface area contributed by atoms with Crippen molar-refractivity contribution in [1.82, 2.24) is 0 Å². The standard InChI is InChI=1S/C21H25ClN2O.ClH/c1-15-7-6-8-16(13-15)21(23-18-9-4-3-5-10-18)24-19-14-17(22)11-12-20(19)25-2;/h6-8,11-14,18H,3-5,9-10H2,1-2H3,(H,23,24);1H. The highest BCUT2D eigenvalue weighted by Crippen LogP contribution is 2.29. The van der Waals surface area contributed by atoms with Gasteiger partial charge in [-0.3, -0.25) is 4.99 Å². The highest BCUT2D eigenvalue weighted by atomic mass is 35.5. The molecule has 0 aromatic heterocycles. The van der Waals surface area contributed by atoms with Crippen molar-refractivity contribution >= 4 is 35.5 Å². The highest BCUT2D eigenvalue weighted by molar-refractivity contribution is 6.31. The van der Waals surface area contributed by atoms with E-state index in [0.29, 0.717) is 11.1 Å². The molecule has 1 aliphatic rings. The van der Waals surface area contributed by atoms with Gasteiger partial charge in [0.25, 0.3) is 0 Å². The zero-order chi connectivity index (χ0) is 17.6. The van der Waals surface area contributed by atoms with E-state index in [-0.39, 0.29) is 12.4 Å². The minimum absolute atomic E-state index is 0. The van der Waals surface area contributed by atoms with Gasteiger partial charge in [-0.15, -0.1) is 12.4 Å². The van der Waals surface area contributed by atoms with E-state index in [4.69, 9.17) is 21.3 Å². The summed E-state index contributed by atoms with van der Waals surface area (Å²) in [7, 11) is 1.67. The molecule has 1 N–H and O–H groups in total. The maximum atomic E-state index is 6.18. The largest absolute Gasteiger partial charge is 0.495 e. The van der Waals surface area contributed by atoms with E-state index in [1.165, 1.54) is 24.8 Å². The molecule has 5 heteroatoms. The molecule has 0 heterocycles. The molecule has 1 fully saturated rings. The Bertz CT molecular complexity index is 755. The van der Waals surface area contributed by atoms with Crippen LogP contribution >= 0.6 is 24.0 Å². The van der Waals surface area contributed by atoms with Crippen molar-refractivity contribution in [2.24, 2.45) is 4.99 Å². The molecule has 3 nitrogen and oxygen atoms in total. The van der Waals surface area contributed by atoms with Crippen molar-refractivity contribution in [3.63, 3.8) is 0 Å². The Morgan fingerprint density at radius 1 is 1.12 bits per heavy atom. The summed E-state index contributed by atoms with van der Waals surface area (Å²) >= 11 is 6.18. The fraction of sp³-hybridized carbons (Fsp3) is 0.381. The van der Waals surface area contributed by atoms with E-state index in [0.717, 1.165) is 35.7 Å². The molecular formula is C21H26Cl2N2O. The lowest BCUT2D eigenvalue weighted by Gasteiger charge is -2.21. The predicted molar refractivity (Wildman–Crippen MR) is 113 cm³/mol. The number of rotatable bonds is 4. The maximum Gasteiger partial charge on any atom is 0.142 e. The Labute approximate surface area is 167 Å². The second kappa shape index (κ2) is 9.84. The van der Waals surface area contributed by atoms with E-state index in [2.05, 4.69) is 36.5 Å². The first-order chi connectivity index (χ1) is 12.2. The smallest absolute Gasteiger partial charge is 0.142 e. The highest BCUT2D eigenvalue weighted by Gasteiger charge is 2.15. The Balaban J connectivity index is 0.00000243. The van der Waals surface area contributed by atoms with Crippen LogP contribution in [-0.2, 0) is 0 Å². The van der Waals surface area contributed by atoms with Crippen LogP contribution in [0.25, 0.3) is 0 Å². The van der Waals surface area contributed by atoms with E-state index in [1.54, 1.807) is 7.11 Å². The van der Waals surface area contributed by atoms with Gasteiger partial charge in [0.2, 0.25) is 0 Å². The van der Waals surface area contributed by atoms with E-state index in [1.807, 2.05) is 18.2 Å². The molecule has 0 atom stereocenters. The molecule has 1 aliphatic carbocycles. The number of benzene rings is 2. The first kappa shape index (κ1) is 20.6. The van der Waals surface area contributed by atoms with Crippen LogP contribution in [0.3, 0.4) is 0 Å². The number of hydrogen-bond donors (Lipinski definition) is 1. The average molecular weight is 393 g/mol.